The van der Waals surface area contributed by atoms with Gasteiger partial charge in [-0.2, -0.15) is 0 Å². The lowest BCUT2D eigenvalue weighted by Gasteiger charge is -2.45. The number of hydrogen-bond acceptors (Lipinski definition) is 6. The monoisotopic (exact) mass is 480 g/mol. The molecule has 0 bridgehead atoms. The van der Waals surface area contributed by atoms with Crippen molar-refractivity contribution < 1.29 is 33.8 Å². The molecule has 2 aliphatic carbocycles. The summed E-state index contributed by atoms with van der Waals surface area (Å²) in [6.45, 7) is 1.56. The summed E-state index contributed by atoms with van der Waals surface area (Å²) in [4.78, 5) is 51.2. The number of amides is 2. The number of carbonyl (C=O) groups is 4. The van der Waals surface area contributed by atoms with Crippen molar-refractivity contribution in [2.24, 2.45) is 0 Å². The number of esters is 1. The number of benzene rings is 2. The second-order valence-electron chi connectivity index (χ2n) is 8.74. The Morgan fingerprint density at radius 3 is 2.09 bits per heavy atom. The number of alkyl carbamates (subject to hydrolysis) is 1. The molecule has 2 aliphatic rings. The van der Waals surface area contributed by atoms with E-state index in [1.54, 1.807) is 6.92 Å². The van der Waals surface area contributed by atoms with E-state index in [0.717, 1.165) is 27.2 Å². The molecule has 0 radical (unpaired) electrons. The van der Waals surface area contributed by atoms with Crippen LogP contribution in [0, 0.1) is 0 Å². The summed E-state index contributed by atoms with van der Waals surface area (Å²) in [5, 5.41) is 11.9. The minimum absolute atomic E-state index is 0.00149. The summed E-state index contributed by atoms with van der Waals surface area (Å²) in [6, 6.07) is 14.0. The van der Waals surface area contributed by atoms with Crippen LogP contribution in [0.4, 0.5) is 4.79 Å². The summed E-state index contributed by atoms with van der Waals surface area (Å²) in [5.41, 5.74) is 2.78. The third kappa shape index (κ3) is 4.34. The van der Waals surface area contributed by atoms with E-state index in [0.29, 0.717) is 6.42 Å². The zero-order valence-electron chi connectivity index (χ0n) is 19.7. The Morgan fingerprint density at radius 1 is 1.03 bits per heavy atom. The minimum atomic E-state index is -1.72. The first kappa shape index (κ1) is 24.3. The quantitative estimate of drug-likeness (QED) is 0.440. The van der Waals surface area contributed by atoms with Gasteiger partial charge in [-0.05, 0) is 48.4 Å². The Hall–Kier alpha value is -3.88. The highest BCUT2D eigenvalue weighted by Gasteiger charge is 2.52. The summed E-state index contributed by atoms with van der Waals surface area (Å²) in [6.07, 6.45) is 0.217. The molecule has 9 nitrogen and oxygen atoms in total. The summed E-state index contributed by atoms with van der Waals surface area (Å²) >= 11 is 0. The molecular weight excluding hydrogens is 452 g/mol. The normalized spacial score (nSPS) is 16.2. The molecule has 0 aliphatic heterocycles. The van der Waals surface area contributed by atoms with E-state index in [9.17, 15) is 24.3 Å². The Labute approximate surface area is 203 Å². The maximum Gasteiger partial charge on any atom is 0.408 e. The van der Waals surface area contributed by atoms with Gasteiger partial charge in [0.15, 0.2) is 0 Å². The van der Waals surface area contributed by atoms with Crippen LogP contribution in [0.25, 0.3) is 11.1 Å². The molecule has 1 saturated carbocycles. The lowest BCUT2D eigenvalue weighted by atomic mass is 9.75. The van der Waals surface area contributed by atoms with Crippen LogP contribution in [0.1, 0.15) is 43.2 Å². The second kappa shape index (κ2) is 9.77. The molecule has 0 aromatic heterocycles. The molecular formula is C26H28N2O7. The average molecular weight is 481 g/mol. The molecule has 2 aromatic carbocycles. The number of nitrogens with one attached hydrogen (secondary N) is 1. The smallest absolute Gasteiger partial charge is 0.408 e. The standard InChI is InChI=1S/C26H28N2O7/c1-3-34-23(30)21(22(29)28(2)26(24(31)32)13-8-14-26)27-25(33)35-15-20-18-11-6-4-9-16(18)17-10-5-7-12-19(17)20/h4-7,9-12,20-21H,3,8,13-15H2,1-2H3,(H,27,33)(H,31,32). The van der Waals surface area contributed by atoms with Gasteiger partial charge in [0.25, 0.3) is 5.91 Å². The van der Waals surface area contributed by atoms with Crippen LogP contribution in [0.15, 0.2) is 48.5 Å². The van der Waals surface area contributed by atoms with Crippen molar-refractivity contribution in [3.05, 3.63) is 59.7 Å². The van der Waals surface area contributed by atoms with Crippen LogP contribution in [-0.2, 0) is 23.9 Å². The highest BCUT2D eigenvalue weighted by atomic mass is 16.6. The van der Waals surface area contributed by atoms with Gasteiger partial charge >= 0.3 is 18.0 Å². The van der Waals surface area contributed by atoms with Crippen molar-refractivity contribution in [3.63, 3.8) is 0 Å². The molecule has 9 heteroatoms. The zero-order valence-corrected chi connectivity index (χ0v) is 19.7. The predicted octanol–water partition coefficient (Wildman–Crippen LogP) is 2.92. The molecule has 184 valence electrons. The topological polar surface area (TPSA) is 122 Å². The number of fused-ring (bicyclic) bond motifs is 3. The molecule has 1 atom stereocenters. The van der Waals surface area contributed by atoms with Crippen LogP contribution in [0.3, 0.4) is 0 Å². The van der Waals surface area contributed by atoms with E-state index in [1.807, 2.05) is 48.5 Å². The van der Waals surface area contributed by atoms with E-state index in [2.05, 4.69) is 5.32 Å². The summed E-state index contributed by atoms with van der Waals surface area (Å²) in [7, 11) is 1.32. The van der Waals surface area contributed by atoms with Crippen molar-refractivity contribution in [3.8, 4) is 11.1 Å². The Bertz CT molecular complexity index is 1110. The Balaban J connectivity index is 1.48. The van der Waals surface area contributed by atoms with Crippen molar-refractivity contribution in [1.29, 1.82) is 0 Å². The van der Waals surface area contributed by atoms with Crippen molar-refractivity contribution in [1.82, 2.24) is 10.2 Å². The first-order valence-electron chi connectivity index (χ1n) is 11.6. The molecule has 0 saturated heterocycles. The molecule has 1 unspecified atom stereocenters. The number of aliphatic carboxylic acids is 1. The third-order valence-electron chi connectivity index (χ3n) is 6.93. The number of rotatable bonds is 8. The van der Waals surface area contributed by atoms with E-state index < -0.39 is 35.5 Å². The number of hydrogen-bond donors (Lipinski definition) is 2. The van der Waals surface area contributed by atoms with E-state index in [1.165, 1.54) is 7.05 Å². The van der Waals surface area contributed by atoms with Crippen LogP contribution < -0.4 is 5.32 Å². The molecule has 2 N–H and O–H groups in total. The molecule has 0 heterocycles. The van der Waals surface area contributed by atoms with Gasteiger partial charge < -0.3 is 19.5 Å². The lowest BCUT2D eigenvalue weighted by Crippen LogP contribution is -2.64. The number of carboxylic acids is 1. The summed E-state index contributed by atoms with van der Waals surface area (Å²) in [5.74, 6) is -3.18. The van der Waals surface area contributed by atoms with Gasteiger partial charge in [-0.25, -0.2) is 14.4 Å². The van der Waals surface area contributed by atoms with Crippen LogP contribution >= 0.6 is 0 Å². The highest BCUT2D eigenvalue weighted by Crippen LogP contribution is 2.44. The Kier molecular flexibility index (Phi) is 6.77. The van der Waals surface area contributed by atoms with Gasteiger partial charge in [-0.3, -0.25) is 10.1 Å². The number of nitrogens with zero attached hydrogens (tertiary/aromatic N) is 1. The average Bonchev–Trinajstić information content (AvgIpc) is 3.13. The first-order valence-corrected chi connectivity index (χ1v) is 11.6. The molecule has 2 aromatic rings. The van der Waals surface area contributed by atoms with Crippen molar-refractivity contribution in [2.45, 2.75) is 43.7 Å². The second-order valence-corrected chi connectivity index (χ2v) is 8.74. The van der Waals surface area contributed by atoms with Gasteiger partial charge in [0.1, 0.15) is 12.1 Å². The SMILES string of the molecule is CCOC(=O)C(NC(=O)OCC1c2ccccc2-c2ccccc21)C(=O)N(C)C1(C(=O)O)CCC1. The zero-order chi connectivity index (χ0) is 25.2. The summed E-state index contributed by atoms with van der Waals surface area (Å²) < 4.78 is 10.4. The third-order valence-corrected chi connectivity index (χ3v) is 6.93. The first-order chi connectivity index (χ1) is 16.8. The molecule has 4 rings (SSSR count). The highest BCUT2D eigenvalue weighted by molar-refractivity contribution is 6.05. The maximum atomic E-state index is 13.1. The van der Waals surface area contributed by atoms with Gasteiger partial charge in [-0.15, -0.1) is 0 Å². The fourth-order valence-corrected chi connectivity index (χ4v) is 4.81. The van der Waals surface area contributed by atoms with Gasteiger partial charge in [-0.1, -0.05) is 48.5 Å². The molecule has 35 heavy (non-hydrogen) atoms. The largest absolute Gasteiger partial charge is 0.479 e. The van der Waals surface area contributed by atoms with Crippen LogP contribution in [0.2, 0.25) is 0 Å². The van der Waals surface area contributed by atoms with Gasteiger partial charge in [0, 0.05) is 13.0 Å². The molecule has 1 fully saturated rings. The number of carboxylic acid groups (broad SMARTS) is 1. The van der Waals surface area contributed by atoms with Gasteiger partial charge in [0.2, 0.25) is 6.04 Å². The fraction of sp³-hybridized carbons (Fsp3) is 0.385. The lowest BCUT2D eigenvalue weighted by molar-refractivity contribution is -0.168. The van der Waals surface area contributed by atoms with E-state index in [4.69, 9.17) is 9.47 Å². The minimum Gasteiger partial charge on any atom is -0.479 e. The molecule has 0 spiro atoms. The molecule has 2 amide bonds. The number of carbonyl (C=O) groups excluding carboxylic acids is 3. The maximum absolute atomic E-state index is 13.1. The predicted molar refractivity (Wildman–Crippen MR) is 126 cm³/mol. The number of likely N-dealkylation sites (N-methyl/N-ethyl adjacent to an activating group) is 1. The van der Waals surface area contributed by atoms with Gasteiger partial charge in [0.05, 0.1) is 6.61 Å². The fourth-order valence-electron chi connectivity index (χ4n) is 4.81. The van der Waals surface area contributed by atoms with E-state index in [-0.39, 0.29) is 32.0 Å². The van der Waals surface area contributed by atoms with Crippen LogP contribution in [0.5, 0.6) is 0 Å². The Morgan fingerprint density at radius 2 is 1.60 bits per heavy atom. The van der Waals surface area contributed by atoms with Crippen molar-refractivity contribution >= 4 is 23.9 Å². The van der Waals surface area contributed by atoms with E-state index >= 15 is 0 Å². The van der Waals surface area contributed by atoms with Crippen molar-refractivity contribution in [2.75, 3.05) is 20.3 Å². The van der Waals surface area contributed by atoms with Crippen LogP contribution in [-0.4, -0.2) is 65.8 Å². The number of ether oxygens (including phenoxy) is 2.